The first-order valence-corrected chi connectivity index (χ1v) is 10.2. The highest BCUT2D eigenvalue weighted by Crippen LogP contribution is 2.24. The van der Waals surface area contributed by atoms with E-state index in [0.29, 0.717) is 6.61 Å². The Hall–Kier alpha value is -1.36. The topological polar surface area (TPSA) is 30.5 Å². The van der Waals surface area contributed by atoms with Gasteiger partial charge in [-0.25, -0.2) is 0 Å². The molecular formula is C22H30BrNO2. The van der Waals surface area contributed by atoms with Gasteiger partial charge in [-0.05, 0) is 50.1 Å². The summed E-state index contributed by atoms with van der Waals surface area (Å²) in [6.45, 7) is 8.29. The molecule has 0 heterocycles. The standard InChI is InChI=1S/C22H30BrNO2/c1-3-4-13-25-14-5-12-24-16-20-15-21(23)10-11-22(20)26-17-19-8-6-18(2)7-9-19/h6-11,15,24H,3-5,12-14,16-17H2,1-2H3. The van der Waals surface area contributed by atoms with Crippen molar-refractivity contribution in [2.24, 2.45) is 0 Å². The summed E-state index contributed by atoms with van der Waals surface area (Å²) in [5.41, 5.74) is 3.61. The summed E-state index contributed by atoms with van der Waals surface area (Å²) < 4.78 is 12.7. The van der Waals surface area contributed by atoms with Gasteiger partial charge < -0.3 is 14.8 Å². The molecule has 0 unspecified atom stereocenters. The second-order valence-corrected chi connectivity index (χ2v) is 7.44. The maximum absolute atomic E-state index is 6.06. The Balaban J connectivity index is 1.78. The fourth-order valence-corrected chi connectivity index (χ4v) is 2.95. The summed E-state index contributed by atoms with van der Waals surface area (Å²) in [7, 11) is 0. The summed E-state index contributed by atoms with van der Waals surface area (Å²) >= 11 is 3.55. The molecule has 142 valence electrons. The fourth-order valence-electron chi connectivity index (χ4n) is 2.54. The van der Waals surface area contributed by atoms with Crippen LogP contribution in [-0.2, 0) is 17.9 Å². The highest BCUT2D eigenvalue weighted by Gasteiger charge is 2.05. The minimum Gasteiger partial charge on any atom is -0.489 e. The highest BCUT2D eigenvalue weighted by molar-refractivity contribution is 9.10. The van der Waals surface area contributed by atoms with Crippen molar-refractivity contribution in [1.29, 1.82) is 0 Å². The zero-order valence-corrected chi connectivity index (χ0v) is 17.5. The van der Waals surface area contributed by atoms with Crippen molar-refractivity contribution >= 4 is 15.9 Å². The largest absolute Gasteiger partial charge is 0.489 e. The molecule has 26 heavy (non-hydrogen) atoms. The number of halogens is 1. The van der Waals surface area contributed by atoms with Gasteiger partial charge in [-0.1, -0.05) is 59.1 Å². The number of hydrogen-bond acceptors (Lipinski definition) is 3. The van der Waals surface area contributed by atoms with E-state index in [4.69, 9.17) is 9.47 Å². The van der Waals surface area contributed by atoms with Gasteiger partial charge in [-0.2, -0.15) is 0 Å². The number of nitrogens with one attached hydrogen (secondary N) is 1. The average Bonchev–Trinajstić information content (AvgIpc) is 2.64. The van der Waals surface area contributed by atoms with Crippen molar-refractivity contribution in [3.8, 4) is 5.75 Å². The Morgan fingerprint density at radius 2 is 1.77 bits per heavy atom. The molecule has 0 aliphatic heterocycles. The lowest BCUT2D eigenvalue weighted by Gasteiger charge is -2.13. The molecule has 0 spiro atoms. The van der Waals surface area contributed by atoms with Crippen molar-refractivity contribution in [2.45, 2.75) is 46.3 Å². The van der Waals surface area contributed by atoms with Crippen LogP contribution in [0.4, 0.5) is 0 Å². The third kappa shape index (κ3) is 7.90. The molecule has 2 rings (SSSR count). The van der Waals surface area contributed by atoms with E-state index in [0.717, 1.165) is 49.4 Å². The van der Waals surface area contributed by atoms with Gasteiger partial charge in [0.2, 0.25) is 0 Å². The molecule has 1 N–H and O–H groups in total. The number of hydrogen-bond donors (Lipinski definition) is 1. The monoisotopic (exact) mass is 419 g/mol. The van der Waals surface area contributed by atoms with E-state index in [1.54, 1.807) is 0 Å². The van der Waals surface area contributed by atoms with Crippen molar-refractivity contribution < 1.29 is 9.47 Å². The van der Waals surface area contributed by atoms with E-state index in [-0.39, 0.29) is 0 Å². The van der Waals surface area contributed by atoms with Crippen LogP contribution in [-0.4, -0.2) is 19.8 Å². The van der Waals surface area contributed by atoms with E-state index < -0.39 is 0 Å². The van der Waals surface area contributed by atoms with E-state index in [9.17, 15) is 0 Å². The van der Waals surface area contributed by atoms with Crippen LogP contribution < -0.4 is 10.1 Å². The van der Waals surface area contributed by atoms with E-state index in [1.807, 2.05) is 12.1 Å². The predicted molar refractivity (Wildman–Crippen MR) is 112 cm³/mol. The summed E-state index contributed by atoms with van der Waals surface area (Å²) in [4.78, 5) is 0. The number of rotatable bonds is 12. The summed E-state index contributed by atoms with van der Waals surface area (Å²) in [5, 5.41) is 3.49. The van der Waals surface area contributed by atoms with Crippen LogP contribution in [0.15, 0.2) is 46.9 Å². The molecule has 0 saturated heterocycles. The van der Waals surface area contributed by atoms with Crippen LogP contribution in [0.5, 0.6) is 5.75 Å². The minimum atomic E-state index is 0.584. The molecule has 0 radical (unpaired) electrons. The highest BCUT2D eigenvalue weighted by atomic mass is 79.9. The molecule has 0 bridgehead atoms. The number of benzene rings is 2. The van der Waals surface area contributed by atoms with E-state index in [1.165, 1.54) is 23.1 Å². The fraction of sp³-hybridized carbons (Fsp3) is 0.455. The normalized spacial score (nSPS) is 10.9. The Morgan fingerprint density at radius 1 is 1.00 bits per heavy atom. The third-order valence-corrected chi connectivity index (χ3v) is 4.63. The number of aryl methyl sites for hydroxylation is 1. The molecule has 0 atom stereocenters. The minimum absolute atomic E-state index is 0.584. The number of ether oxygens (including phenoxy) is 2. The van der Waals surface area contributed by atoms with Gasteiger partial charge in [0, 0.05) is 29.8 Å². The maximum Gasteiger partial charge on any atom is 0.124 e. The van der Waals surface area contributed by atoms with Gasteiger partial charge >= 0.3 is 0 Å². The lowest BCUT2D eigenvalue weighted by atomic mass is 10.1. The second kappa shape index (κ2) is 12.1. The van der Waals surface area contributed by atoms with Gasteiger partial charge in [-0.15, -0.1) is 0 Å². The first-order valence-electron chi connectivity index (χ1n) is 9.44. The molecule has 2 aromatic carbocycles. The molecule has 0 fully saturated rings. The van der Waals surface area contributed by atoms with Gasteiger partial charge in [0.25, 0.3) is 0 Å². The lowest BCUT2D eigenvalue weighted by molar-refractivity contribution is 0.128. The molecule has 4 heteroatoms. The molecule has 0 saturated carbocycles. The molecular weight excluding hydrogens is 390 g/mol. The zero-order valence-electron chi connectivity index (χ0n) is 15.9. The van der Waals surface area contributed by atoms with Crippen LogP contribution in [0.3, 0.4) is 0 Å². The summed E-state index contributed by atoms with van der Waals surface area (Å²) in [6, 6.07) is 14.6. The van der Waals surface area contributed by atoms with Gasteiger partial charge in [-0.3, -0.25) is 0 Å². The summed E-state index contributed by atoms with van der Waals surface area (Å²) in [6.07, 6.45) is 3.36. The van der Waals surface area contributed by atoms with Crippen molar-refractivity contribution in [3.05, 3.63) is 63.6 Å². The molecule has 2 aromatic rings. The van der Waals surface area contributed by atoms with E-state index in [2.05, 4.69) is 65.4 Å². The molecule has 0 aliphatic carbocycles. The quantitative estimate of drug-likeness (QED) is 0.451. The Labute approximate surface area is 166 Å². The molecule has 0 amide bonds. The average molecular weight is 420 g/mol. The van der Waals surface area contributed by atoms with E-state index >= 15 is 0 Å². The SMILES string of the molecule is CCCCOCCCNCc1cc(Br)ccc1OCc1ccc(C)cc1. The Morgan fingerprint density at radius 3 is 2.54 bits per heavy atom. The molecule has 3 nitrogen and oxygen atoms in total. The first kappa shape index (κ1) is 20.9. The zero-order chi connectivity index (χ0) is 18.6. The first-order chi connectivity index (χ1) is 12.7. The smallest absolute Gasteiger partial charge is 0.124 e. The third-order valence-electron chi connectivity index (χ3n) is 4.14. The summed E-state index contributed by atoms with van der Waals surface area (Å²) in [5.74, 6) is 0.931. The van der Waals surface area contributed by atoms with Crippen molar-refractivity contribution in [1.82, 2.24) is 5.32 Å². The molecule has 0 aromatic heterocycles. The molecule has 0 aliphatic rings. The van der Waals surface area contributed by atoms with Crippen LogP contribution in [0, 0.1) is 6.92 Å². The maximum atomic E-state index is 6.06. The van der Waals surface area contributed by atoms with Crippen LogP contribution in [0.1, 0.15) is 42.9 Å². The Bertz CT molecular complexity index is 643. The van der Waals surface area contributed by atoms with Crippen molar-refractivity contribution in [2.75, 3.05) is 19.8 Å². The van der Waals surface area contributed by atoms with Crippen molar-refractivity contribution in [3.63, 3.8) is 0 Å². The van der Waals surface area contributed by atoms with Gasteiger partial charge in [0.15, 0.2) is 0 Å². The Kier molecular flexibility index (Phi) is 9.75. The second-order valence-electron chi connectivity index (χ2n) is 6.52. The number of unbranched alkanes of at least 4 members (excludes halogenated alkanes) is 1. The lowest BCUT2D eigenvalue weighted by Crippen LogP contribution is -2.17. The van der Waals surface area contributed by atoms with Crippen LogP contribution >= 0.6 is 15.9 Å². The van der Waals surface area contributed by atoms with Crippen LogP contribution in [0.25, 0.3) is 0 Å². The van der Waals surface area contributed by atoms with Crippen LogP contribution in [0.2, 0.25) is 0 Å². The van der Waals surface area contributed by atoms with Gasteiger partial charge in [0.05, 0.1) is 0 Å². The predicted octanol–water partition coefficient (Wildman–Crippen LogP) is 5.63. The van der Waals surface area contributed by atoms with Gasteiger partial charge in [0.1, 0.15) is 12.4 Å².